The molecular formula is C18H15N3O10Si3V. The number of nitro groups is 3. The molecule has 3 aromatic carbocycles. The van der Waals surface area contributed by atoms with E-state index >= 15 is 0 Å². The van der Waals surface area contributed by atoms with Crippen molar-refractivity contribution in [3.05, 3.63) is 103 Å². The molecule has 0 aliphatic heterocycles. The summed E-state index contributed by atoms with van der Waals surface area (Å²) in [5, 5.41) is 32.3. The molecule has 3 aromatic rings. The molecule has 0 saturated carbocycles. The minimum atomic E-state index is -0.482. The third kappa shape index (κ3) is 12.7. The van der Waals surface area contributed by atoms with Crippen molar-refractivity contribution in [3.8, 4) is 0 Å². The van der Waals surface area contributed by atoms with Crippen molar-refractivity contribution < 1.29 is 50.2 Å². The van der Waals surface area contributed by atoms with Gasteiger partial charge in [0.2, 0.25) is 0 Å². The molecular weight excluding hydrogens is 553 g/mol. The van der Waals surface area contributed by atoms with Gasteiger partial charge in [-0.25, -0.2) is 0 Å². The molecule has 0 saturated heterocycles. The minimum absolute atomic E-state index is 0.0176. The van der Waals surface area contributed by atoms with Crippen LogP contribution in [-0.2, 0) is 21.0 Å². The second kappa shape index (κ2) is 18.1. The summed E-state index contributed by atoms with van der Waals surface area (Å²) >= 11 is 1.06. The second-order valence-corrected chi connectivity index (χ2v) is 8.16. The number of rotatable bonds is 6. The molecule has 0 amide bonds. The van der Waals surface area contributed by atoms with Gasteiger partial charge in [0.25, 0.3) is 46.4 Å². The van der Waals surface area contributed by atoms with E-state index in [2.05, 4.69) is 0 Å². The van der Waals surface area contributed by atoms with E-state index in [9.17, 15) is 30.3 Å². The van der Waals surface area contributed by atoms with Gasteiger partial charge in [-0.15, -0.1) is 0 Å². The van der Waals surface area contributed by atoms with Gasteiger partial charge in [-0.05, 0) is 15.6 Å². The van der Waals surface area contributed by atoms with Crippen molar-refractivity contribution in [2.45, 2.75) is 0 Å². The first kappa shape index (κ1) is 31.8. The zero-order chi connectivity index (χ0) is 26.8. The summed E-state index contributed by atoms with van der Waals surface area (Å²) in [6, 6.07) is 17.8. The van der Waals surface area contributed by atoms with Crippen LogP contribution in [0, 0.1) is 30.3 Å². The van der Waals surface area contributed by atoms with Gasteiger partial charge in [0.15, 0.2) is 0 Å². The Morgan fingerprint density at radius 2 is 0.771 bits per heavy atom. The summed E-state index contributed by atoms with van der Waals surface area (Å²) in [5.41, 5.74) is 0.0529. The van der Waals surface area contributed by atoms with Crippen LogP contribution in [0.15, 0.2) is 72.8 Å². The summed E-state index contributed by atoms with van der Waals surface area (Å²) in [5.74, 6) is 0. The maximum atomic E-state index is 10.2. The monoisotopic (exact) mass is 568 g/mol. The predicted molar refractivity (Wildman–Crippen MR) is 123 cm³/mol. The van der Waals surface area contributed by atoms with Gasteiger partial charge in [-0.3, -0.25) is 30.3 Å². The van der Waals surface area contributed by atoms with Crippen LogP contribution >= 0.6 is 0 Å². The average Bonchev–Trinajstić information content (AvgIpc) is 2.90. The van der Waals surface area contributed by atoms with E-state index in [1.165, 1.54) is 36.4 Å². The van der Waals surface area contributed by atoms with Gasteiger partial charge in [-0.1, -0.05) is 36.4 Å². The van der Waals surface area contributed by atoms with E-state index in [0.717, 1.165) is 17.4 Å². The molecule has 179 valence electrons. The SMILES string of the molecule is O=[N+]([O-])c1cccc([Si]O)c1.O=[N+]([O-])c1cccc([Si]O)c1.O=[N+]([O-])c1cccc([Si]O)c1.[O]=[V]. The molecule has 0 heterocycles. The first-order chi connectivity index (χ1) is 16.7. The molecule has 6 radical (unpaired) electrons. The molecule has 0 spiro atoms. The molecule has 0 fully saturated rings. The fourth-order valence-electron chi connectivity index (χ4n) is 2.07. The molecule has 0 bridgehead atoms. The Bertz CT molecular complexity index is 990. The summed E-state index contributed by atoms with van der Waals surface area (Å²) in [4.78, 5) is 55.1. The number of hydrogen-bond acceptors (Lipinski definition) is 10. The zero-order valence-electron chi connectivity index (χ0n) is 17.4. The number of nitrogens with zero attached hydrogens (tertiary/aromatic N) is 3. The Kier molecular flexibility index (Phi) is 16.5. The Morgan fingerprint density at radius 1 is 0.543 bits per heavy atom. The van der Waals surface area contributed by atoms with Crippen LogP contribution in [0.2, 0.25) is 0 Å². The van der Waals surface area contributed by atoms with Crippen molar-refractivity contribution in [1.82, 2.24) is 0 Å². The van der Waals surface area contributed by atoms with E-state index in [4.69, 9.17) is 18.1 Å². The van der Waals surface area contributed by atoms with Gasteiger partial charge >= 0.3 is 21.0 Å². The van der Waals surface area contributed by atoms with Crippen LogP contribution < -0.4 is 15.6 Å². The van der Waals surface area contributed by atoms with Crippen molar-refractivity contribution >= 4 is 61.9 Å². The predicted octanol–water partition coefficient (Wildman–Crippen LogP) is -0.627. The number of benzene rings is 3. The fourth-order valence-corrected chi connectivity index (χ4v) is 3.22. The summed E-state index contributed by atoms with van der Waals surface area (Å²) in [7, 11) is -1.16. The molecule has 3 rings (SSSR count). The van der Waals surface area contributed by atoms with Gasteiger partial charge in [0.05, 0.1) is 14.8 Å². The van der Waals surface area contributed by atoms with E-state index in [1.54, 1.807) is 36.4 Å². The molecule has 17 heteroatoms. The first-order valence-corrected chi connectivity index (χ1v) is 12.2. The van der Waals surface area contributed by atoms with Crippen LogP contribution in [0.25, 0.3) is 0 Å². The number of hydrogen-bond donors (Lipinski definition) is 3. The quantitative estimate of drug-likeness (QED) is 0.195. The summed E-state index contributed by atoms with van der Waals surface area (Å²) < 4.78 is 8.19. The second-order valence-electron chi connectivity index (χ2n) is 5.76. The molecule has 3 N–H and O–H groups in total. The Hall–Kier alpha value is -3.22. The topological polar surface area (TPSA) is 207 Å². The van der Waals surface area contributed by atoms with Crippen molar-refractivity contribution in [2.24, 2.45) is 0 Å². The standard InChI is InChI=1S/3C6H5NO3Si.O.V/c3*8-7(9)5-2-1-3-6(4-5)11-10;;/h3*1-4,10H;;. The first-order valence-electron chi connectivity index (χ1n) is 8.83. The van der Waals surface area contributed by atoms with Crippen LogP contribution in [0.1, 0.15) is 0 Å². The van der Waals surface area contributed by atoms with Gasteiger partial charge in [0, 0.05) is 36.4 Å². The Balaban J connectivity index is 0.000000478. The van der Waals surface area contributed by atoms with Crippen LogP contribution in [0.5, 0.6) is 0 Å². The third-order valence-corrected chi connectivity index (χ3v) is 5.27. The van der Waals surface area contributed by atoms with E-state index < -0.39 is 14.8 Å². The van der Waals surface area contributed by atoms with Crippen molar-refractivity contribution in [1.29, 1.82) is 0 Å². The Labute approximate surface area is 214 Å². The maximum absolute atomic E-state index is 10.2. The number of nitro benzene ring substituents is 3. The van der Waals surface area contributed by atoms with E-state index in [-0.39, 0.29) is 46.4 Å². The van der Waals surface area contributed by atoms with E-state index in [1.807, 2.05) is 0 Å². The molecule has 0 aliphatic carbocycles. The van der Waals surface area contributed by atoms with Crippen LogP contribution in [0.3, 0.4) is 0 Å². The molecule has 35 heavy (non-hydrogen) atoms. The van der Waals surface area contributed by atoms with Crippen LogP contribution in [-0.4, -0.2) is 58.4 Å². The molecule has 0 aromatic heterocycles. The molecule has 0 atom stereocenters. The van der Waals surface area contributed by atoms with Crippen molar-refractivity contribution in [2.75, 3.05) is 0 Å². The van der Waals surface area contributed by atoms with Gasteiger partial charge in [0.1, 0.15) is 0 Å². The third-order valence-electron chi connectivity index (χ3n) is 3.56. The summed E-state index contributed by atoms with van der Waals surface area (Å²) in [6.45, 7) is 0. The molecule has 0 aliphatic rings. The van der Waals surface area contributed by atoms with Gasteiger partial charge in [-0.2, -0.15) is 0 Å². The average molecular weight is 569 g/mol. The Morgan fingerprint density at radius 3 is 0.943 bits per heavy atom. The van der Waals surface area contributed by atoms with Gasteiger partial charge < -0.3 is 14.4 Å². The van der Waals surface area contributed by atoms with Crippen LogP contribution in [0.4, 0.5) is 17.1 Å². The fraction of sp³-hybridized carbons (Fsp3) is 0. The normalized spacial score (nSPS) is 9.09. The number of non-ortho nitro benzene ring substituents is 3. The van der Waals surface area contributed by atoms with E-state index in [0.29, 0.717) is 15.6 Å². The molecule has 13 nitrogen and oxygen atoms in total. The molecule has 0 unspecified atom stereocenters. The van der Waals surface area contributed by atoms with Crippen molar-refractivity contribution in [3.63, 3.8) is 0 Å². The zero-order valence-corrected chi connectivity index (χ0v) is 21.8. The summed E-state index contributed by atoms with van der Waals surface area (Å²) in [6.07, 6.45) is 0.